The number of fused-ring (bicyclic) bond motifs is 1. The average molecular weight is 695 g/mol. The predicted octanol–water partition coefficient (Wildman–Crippen LogP) is 9.27. The van der Waals surface area contributed by atoms with E-state index in [2.05, 4.69) is 20.9 Å². The number of methoxy groups -OCH3 is 1. The minimum atomic E-state index is -0.640. The van der Waals surface area contributed by atoms with Gasteiger partial charge >= 0.3 is 0 Å². The van der Waals surface area contributed by atoms with Crippen molar-refractivity contribution >= 4 is 32.7 Å². The third-order valence-electron chi connectivity index (χ3n) is 7.18. The zero-order valence-corrected chi connectivity index (χ0v) is 27.9. The summed E-state index contributed by atoms with van der Waals surface area (Å²) in [5.41, 5.74) is 2.73. The molecule has 0 aliphatic rings. The summed E-state index contributed by atoms with van der Waals surface area (Å²) < 4.78 is 65.1. The Morgan fingerprint density at radius 2 is 1.70 bits per heavy atom. The highest BCUT2D eigenvalue weighted by Gasteiger charge is 2.20. The number of ether oxygens (including phenoxy) is 3. The summed E-state index contributed by atoms with van der Waals surface area (Å²) in [5.74, 6) is -0.196. The van der Waals surface area contributed by atoms with Crippen molar-refractivity contribution in [3.05, 3.63) is 117 Å². The largest absolute Gasteiger partial charge is 0.488 e. The summed E-state index contributed by atoms with van der Waals surface area (Å²) >= 11 is 3.23. The molecule has 46 heavy (non-hydrogen) atoms. The lowest BCUT2D eigenvalue weighted by Crippen LogP contribution is -2.18. The Labute approximate surface area is 275 Å². The Balaban J connectivity index is 1.42. The molecule has 10 heteroatoms. The number of aromatic nitrogens is 3. The molecule has 0 bridgehead atoms. The fraction of sp³-hybridized carbons (Fsp3) is 0.278. The highest BCUT2D eigenvalue weighted by molar-refractivity contribution is 9.10. The molecule has 5 aromatic rings. The van der Waals surface area contributed by atoms with E-state index in [1.807, 2.05) is 56.5 Å². The van der Waals surface area contributed by atoms with Crippen molar-refractivity contribution < 1.29 is 27.4 Å². The number of hydrogen-bond acceptors (Lipinski definition) is 5. The Bertz CT molecular complexity index is 1900. The smallest absolute Gasteiger partial charge is 0.214 e. The molecule has 0 radical (unpaired) electrons. The maximum atomic E-state index is 15.6. The molecule has 5 rings (SSSR count). The topological polar surface area (TPSA) is 58.4 Å². The second-order valence-electron chi connectivity index (χ2n) is 11.7. The van der Waals surface area contributed by atoms with Crippen molar-refractivity contribution in [2.24, 2.45) is 0 Å². The molecule has 0 saturated heterocycles. The Kier molecular flexibility index (Phi) is 10.2. The van der Waals surface area contributed by atoms with Gasteiger partial charge in [-0.3, -0.25) is 0 Å². The van der Waals surface area contributed by atoms with Crippen LogP contribution in [0.25, 0.3) is 28.0 Å². The number of nitrogens with zero attached hydrogens (tertiary/aromatic N) is 3. The van der Waals surface area contributed by atoms with Crippen LogP contribution in [0.3, 0.4) is 0 Å². The lowest BCUT2D eigenvalue weighted by Gasteiger charge is -2.23. The highest BCUT2D eigenvalue weighted by Crippen LogP contribution is 2.30. The van der Waals surface area contributed by atoms with Crippen LogP contribution in [0, 0.1) is 17.5 Å². The van der Waals surface area contributed by atoms with Crippen LogP contribution in [0.2, 0.25) is 0 Å². The van der Waals surface area contributed by atoms with Crippen LogP contribution in [0.1, 0.15) is 50.2 Å². The first kappa shape index (κ1) is 33.2. The van der Waals surface area contributed by atoms with Crippen LogP contribution < -0.4 is 4.74 Å². The minimum Gasteiger partial charge on any atom is -0.488 e. The number of rotatable bonds is 11. The minimum absolute atomic E-state index is 0.0169. The highest BCUT2D eigenvalue weighted by atomic mass is 79.9. The number of pyridine rings is 1. The van der Waals surface area contributed by atoms with E-state index in [0.717, 1.165) is 28.4 Å². The third kappa shape index (κ3) is 7.79. The lowest BCUT2D eigenvalue weighted by atomic mass is 10.0. The van der Waals surface area contributed by atoms with Gasteiger partial charge in [-0.25, -0.2) is 23.1 Å². The van der Waals surface area contributed by atoms with Crippen LogP contribution in [0.4, 0.5) is 13.2 Å². The van der Waals surface area contributed by atoms with Gasteiger partial charge in [0, 0.05) is 47.3 Å². The fourth-order valence-electron chi connectivity index (χ4n) is 5.03. The number of hydrogen-bond donors (Lipinski definition) is 0. The molecular weight excluding hydrogens is 659 g/mol. The second-order valence-corrected chi connectivity index (χ2v) is 12.6. The van der Waals surface area contributed by atoms with Crippen LogP contribution in [-0.2, 0) is 29.0 Å². The average Bonchev–Trinajstić information content (AvgIpc) is 3.35. The summed E-state index contributed by atoms with van der Waals surface area (Å²) in [6.07, 6.45) is 1.98. The number of imidazole rings is 1. The molecular formula is C36H35BrF3N3O3. The van der Waals surface area contributed by atoms with Gasteiger partial charge in [-0.2, -0.15) is 0 Å². The van der Waals surface area contributed by atoms with E-state index in [1.54, 1.807) is 37.4 Å². The molecule has 0 fully saturated rings. The van der Waals surface area contributed by atoms with Crippen molar-refractivity contribution in [3.63, 3.8) is 0 Å². The SMILES string of the molecule is C/C=C(\OC(C)(C)C)c1ccc2nc(Cc3cc(F)c(-c4cccc(OCc5ccc(Br)cc5F)n4)cc3F)n(CCOC)c2c1. The van der Waals surface area contributed by atoms with E-state index in [1.165, 1.54) is 12.1 Å². The van der Waals surface area contributed by atoms with E-state index in [0.29, 0.717) is 29.0 Å². The van der Waals surface area contributed by atoms with Crippen molar-refractivity contribution in [2.45, 2.75) is 52.9 Å². The molecule has 0 saturated carbocycles. The monoisotopic (exact) mass is 693 g/mol. The zero-order valence-electron chi connectivity index (χ0n) is 26.3. The predicted molar refractivity (Wildman–Crippen MR) is 177 cm³/mol. The zero-order chi connectivity index (χ0) is 33.0. The van der Waals surface area contributed by atoms with Crippen LogP contribution in [-0.4, -0.2) is 33.9 Å². The molecule has 0 amide bonds. The summed E-state index contributed by atoms with van der Waals surface area (Å²) in [6.45, 7) is 8.70. The normalized spacial score (nSPS) is 12.2. The maximum absolute atomic E-state index is 15.6. The first-order valence-electron chi connectivity index (χ1n) is 14.8. The van der Waals surface area contributed by atoms with Crippen LogP contribution in [0.15, 0.2) is 77.3 Å². The first-order valence-corrected chi connectivity index (χ1v) is 15.6. The fourth-order valence-corrected chi connectivity index (χ4v) is 5.37. The van der Waals surface area contributed by atoms with E-state index in [-0.39, 0.29) is 41.3 Å². The molecule has 0 atom stereocenters. The molecule has 240 valence electrons. The van der Waals surface area contributed by atoms with Gasteiger partial charge in [-0.15, -0.1) is 0 Å². The van der Waals surface area contributed by atoms with Gasteiger partial charge < -0.3 is 18.8 Å². The number of allylic oxidation sites excluding steroid dienone is 1. The second kappa shape index (κ2) is 14.1. The van der Waals surface area contributed by atoms with Gasteiger partial charge in [0.2, 0.25) is 5.88 Å². The van der Waals surface area contributed by atoms with Gasteiger partial charge in [0.05, 0.1) is 23.3 Å². The van der Waals surface area contributed by atoms with Gasteiger partial charge in [0.15, 0.2) is 0 Å². The van der Waals surface area contributed by atoms with Crippen molar-refractivity contribution in [3.8, 4) is 17.1 Å². The molecule has 0 unspecified atom stereocenters. The molecule has 0 aliphatic heterocycles. The third-order valence-corrected chi connectivity index (χ3v) is 7.68. The standard InChI is InChI=1S/C36H35BrF3N3O3/c1-6-33(46-36(2,3)4)22-11-13-31-32(17-22)43(14-15-44-5)34(41-31)18-24-16-29(40)26(20-28(24)39)30-8-7-9-35(42-30)45-21-23-10-12-25(37)19-27(23)38/h6-13,16-17,19-20H,14-15,18,21H2,1-5H3/b33-6-. The Hall–Kier alpha value is -4.15. The van der Waals surface area contributed by atoms with Crippen LogP contribution >= 0.6 is 15.9 Å². The maximum Gasteiger partial charge on any atom is 0.214 e. The van der Waals surface area contributed by atoms with Crippen molar-refractivity contribution in [2.75, 3.05) is 13.7 Å². The van der Waals surface area contributed by atoms with Gasteiger partial charge in [0.25, 0.3) is 0 Å². The molecule has 0 N–H and O–H groups in total. The van der Waals surface area contributed by atoms with Crippen LogP contribution in [0.5, 0.6) is 5.88 Å². The van der Waals surface area contributed by atoms with E-state index in [9.17, 15) is 4.39 Å². The number of halogens is 4. The lowest BCUT2D eigenvalue weighted by molar-refractivity contribution is 0.0968. The molecule has 3 aromatic carbocycles. The molecule has 0 aliphatic carbocycles. The first-order chi connectivity index (χ1) is 22.0. The van der Waals surface area contributed by atoms with Gasteiger partial charge in [-0.05, 0) is 87.9 Å². The molecule has 6 nitrogen and oxygen atoms in total. The summed E-state index contributed by atoms with van der Waals surface area (Å²) in [7, 11) is 1.61. The van der Waals surface area contributed by atoms with Crippen molar-refractivity contribution in [1.82, 2.24) is 14.5 Å². The quantitative estimate of drug-likeness (QED) is 0.129. The van der Waals surface area contributed by atoms with Gasteiger partial charge in [0.1, 0.15) is 41.2 Å². The number of benzene rings is 3. The van der Waals surface area contributed by atoms with E-state index < -0.39 is 17.5 Å². The Morgan fingerprint density at radius 3 is 2.41 bits per heavy atom. The van der Waals surface area contributed by atoms with Crippen molar-refractivity contribution in [1.29, 1.82) is 0 Å². The summed E-state index contributed by atoms with van der Waals surface area (Å²) in [5, 5.41) is 0. The summed E-state index contributed by atoms with van der Waals surface area (Å²) in [6, 6.07) is 17.6. The Morgan fingerprint density at radius 1 is 0.913 bits per heavy atom. The van der Waals surface area contributed by atoms with Gasteiger partial charge in [-0.1, -0.05) is 28.1 Å². The van der Waals surface area contributed by atoms with E-state index in [4.69, 9.17) is 19.2 Å². The molecule has 2 aromatic heterocycles. The molecule has 2 heterocycles. The summed E-state index contributed by atoms with van der Waals surface area (Å²) in [4.78, 5) is 9.12. The van der Waals surface area contributed by atoms with E-state index >= 15 is 8.78 Å². The molecule has 0 spiro atoms.